The molecule has 4 N–H and O–H groups in total. The van der Waals surface area contributed by atoms with E-state index in [2.05, 4.69) is 0 Å². The molecular weight excluding hydrogens is 135 g/mol. The van der Waals surface area contributed by atoms with Gasteiger partial charge in [-0.2, -0.15) is 0 Å². The van der Waals surface area contributed by atoms with Crippen LogP contribution in [-0.4, -0.2) is 53.0 Å². The van der Waals surface area contributed by atoms with Crippen molar-refractivity contribution in [1.82, 2.24) is 0 Å². The van der Waals surface area contributed by atoms with Gasteiger partial charge in [0.2, 0.25) is 0 Å². The summed E-state index contributed by atoms with van der Waals surface area (Å²) in [7, 11) is -3.13. The van der Waals surface area contributed by atoms with Crippen molar-refractivity contribution >= 4 is 46.0 Å². The Bertz CT molecular complexity index is 30.5. The molecule has 0 aromatic heterocycles. The van der Waals surface area contributed by atoms with Crippen molar-refractivity contribution in [3.63, 3.8) is 0 Å². The molecule has 6 heteroatoms. The van der Waals surface area contributed by atoms with Crippen LogP contribution >= 0.6 is 8.25 Å². The monoisotopic (exact) mass is 142 g/mol. The van der Waals surface area contributed by atoms with E-state index in [1.807, 2.05) is 0 Å². The van der Waals surface area contributed by atoms with Crippen molar-refractivity contribution < 1.29 is 19.8 Å². The zero-order valence-electron chi connectivity index (χ0n) is 2.30. The van der Waals surface area contributed by atoms with Crippen LogP contribution in [0.2, 0.25) is 0 Å². The average Bonchev–Trinajstić information content (AvgIpc) is 0.811. The molecule has 38 valence electrons. The molecule has 0 aliphatic carbocycles. The molecule has 0 heterocycles. The summed E-state index contributed by atoms with van der Waals surface area (Å²) in [5.41, 5.74) is 0. The second-order valence-electron chi connectivity index (χ2n) is 0.283. The van der Waals surface area contributed by atoms with Crippen LogP contribution in [0.25, 0.3) is 0 Å². The van der Waals surface area contributed by atoms with Crippen LogP contribution in [0.1, 0.15) is 0 Å². The minimum atomic E-state index is -3.13. The second-order valence-corrected chi connectivity index (χ2v) is 0.848. The van der Waals surface area contributed by atoms with Gasteiger partial charge < -0.3 is 15.3 Å². The Balaban J connectivity index is -0.0000000450. The molecule has 0 aromatic carbocycles. The summed E-state index contributed by atoms with van der Waals surface area (Å²) in [5.74, 6) is 0. The third kappa shape index (κ3) is 54.6. The van der Waals surface area contributed by atoms with Crippen LogP contribution < -0.4 is 0 Å². The molecule has 0 radical (unpaired) electrons. The first-order chi connectivity index (χ1) is 1.73. The van der Waals surface area contributed by atoms with E-state index >= 15 is 0 Å². The topological polar surface area (TPSA) is 89.0 Å². The summed E-state index contributed by atoms with van der Waals surface area (Å²) in [6, 6.07) is 0. The van der Waals surface area contributed by atoms with Gasteiger partial charge in [-0.1, -0.05) is 0 Å². The van der Waals surface area contributed by atoms with Gasteiger partial charge in [0.15, 0.2) is 0 Å². The minimum absolute atomic E-state index is 0. The Morgan fingerprint density at radius 2 is 1.33 bits per heavy atom. The van der Waals surface area contributed by atoms with Crippen LogP contribution in [-0.2, 0) is 4.57 Å². The SMILES string of the molecule is O.O=[PH](O)O.[CaH2]. The van der Waals surface area contributed by atoms with Crippen LogP contribution in [0.4, 0.5) is 0 Å². The standard InChI is InChI=1S/Ca.H3O3P.H2O.2H/c;1-4(2)3;;;/h;4H,(H2,1,2,3);1H2;;. The van der Waals surface area contributed by atoms with Gasteiger partial charge in [-0.3, -0.25) is 4.57 Å². The van der Waals surface area contributed by atoms with Gasteiger partial charge in [0.1, 0.15) is 0 Å². The van der Waals surface area contributed by atoms with Gasteiger partial charge in [-0.25, -0.2) is 0 Å². The van der Waals surface area contributed by atoms with Crippen LogP contribution in [0.15, 0.2) is 0 Å². The first kappa shape index (κ1) is 15.7. The van der Waals surface area contributed by atoms with Crippen molar-refractivity contribution in [2.45, 2.75) is 0 Å². The van der Waals surface area contributed by atoms with E-state index < -0.39 is 8.25 Å². The fourth-order valence-corrected chi connectivity index (χ4v) is 0. The first-order valence-electron chi connectivity index (χ1n) is 0.651. The molecule has 0 saturated carbocycles. The fourth-order valence-electron chi connectivity index (χ4n) is 0. The number of rotatable bonds is 0. The van der Waals surface area contributed by atoms with E-state index in [1.165, 1.54) is 0 Å². The van der Waals surface area contributed by atoms with Crippen molar-refractivity contribution in [2.75, 3.05) is 0 Å². The predicted molar refractivity (Wildman–Crippen MR) is 25.6 cm³/mol. The first-order valence-corrected chi connectivity index (χ1v) is 1.95. The molecule has 4 nitrogen and oxygen atoms in total. The van der Waals surface area contributed by atoms with E-state index in [0.717, 1.165) is 0 Å². The van der Waals surface area contributed by atoms with Gasteiger partial charge in [-0.05, 0) is 0 Å². The molecule has 0 fully saturated rings. The summed E-state index contributed by atoms with van der Waals surface area (Å²) in [4.78, 5) is 14.3. The zero-order valence-corrected chi connectivity index (χ0v) is 3.30. The molecule has 0 rings (SSSR count). The van der Waals surface area contributed by atoms with Gasteiger partial charge in [0.25, 0.3) is 0 Å². The van der Waals surface area contributed by atoms with Crippen LogP contribution in [0, 0.1) is 0 Å². The quantitative estimate of drug-likeness (QED) is 0.292. The Labute approximate surface area is 65.4 Å². The van der Waals surface area contributed by atoms with Crippen molar-refractivity contribution in [2.24, 2.45) is 0 Å². The summed E-state index contributed by atoms with van der Waals surface area (Å²) in [6.45, 7) is 0. The van der Waals surface area contributed by atoms with E-state index in [9.17, 15) is 0 Å². The molecule has 6 heavy (non-hydrogen) atoms. The summed E-state index contributed by atoms with van der Waals surface area (Å²) >= 11 is 0. The average molecular weight is 142 g/mol. The molecule has 0 atom stereocenters. The normalized spacial score (nSPS) is 5.83. The molecule has 0 aromatic rings. The van der Waals surface area contributed by atoms with Crippen molar-refractivity contribution in [3.8, 4) is 0 Å². The maximum atomic E-state index is 8.74. The molecule has 0 aliphatic heterocycles. The molecule has 0 unspecified atom stereocenters. The van der Waals surface area contributed by atoms with Crippen molar-refractivity contribution in [1.29, 1.82) is 0 Å². The maximum absolute atomic E-state index is 8.74. The fraction of sp³-hybridized carbons (Fsp3) is 0. The molecular formula is H7CaO4P. The molecule has 0 spiro atoms. The van der Waals surface area contributed by atoms with E-state index in [4.69, 9.17) is 14.4 Å². The number of hydrogen-bond acceptors (Lipinski definition) is 1. The van der Waals surface area contributed by atoms with E-state index in [1.54, 1.807) is 0 Å². The summed E-state index contributed by atoms with van der Waals surface area (Å²) in [5, 5.41) is 0. The van der Waals surface area contributed by atoms with Crippen LogP contribution in [0.5, 0.6) is 0 Å². The third-order valence-electron chi connectivity index (χ3n) is 0. The Hall–Kier alpha value is 1.37. The molecule has 0 aliphatic rings. The molecule has 0 saturated heterocycles. The predicted octanol–water partition coefficient (Wildman–Crippen LogP) is -2.38. The van der Waals surface area contributed by atoms with E-state index in [-0.39, 0.29) is 43.2 Å². The second kappa shape index (κ2) is 9.62. The van der Waals surface area contributed by atoms with E-state index in [0.29, 0.717) is 0 Å². The third-order valence-corrected chi connectivity index (χ3v) is 0. The van der Waals surface area contributed by atoms with Crippen molar-refractivity contribution in [3.05, 3.63) is 0 Å². The van der Waals surface area contributed by atoms with Gasteiger partial charge in [-0.15, -0.1) is 0 Å². The summed E-state index contributed by atoms with van der Waals surface area (Å²) in [6.07, 6.45) is 0. The molecule has 0 amide bonds. The Kier molecular flexibility index (Phi) is 25.1. The molecule has 0 bridgehead atoms. The van der Waals surface area contributed by atoms with Crippen LogP contribution in [0.3, 0.4) is 0 Å². The van der Waals surface area contributed by atoms with Gasteiger partial charge in [0.05, 0.1) is 0 Å². The number of hydrogen-bond donors (Lipinski definition) is 2. The Morgan fingerprint density at radius 3 is 1.33 bits per heavy atom. The van der Waals surface area contributed by atoms with Gasteiger partial charge in [0, 0.05) is 0 Å². The zero-order chi connectivity index (χ0) is 3.58. The summed E-state index contributed by atoms with van der Waals surface area (Å²) < 4.78 is 8.74. The van der Waals surface area contributed by atoms with Gasteiger partial charge >= 0.3 is 46.0 Å². The Morgan fingerprint density at radius 1 is 1.33 bits per heavy atom.